The van der Waals surface area contributed by atoms with Crippen LogP contribution in [0.25, 0.3) is 0 Å². The summed E-state index contributed by atoms with van der Waals surface area (Å²) in [7, 11) is 0. The number of aromatic nitrogens is 1. The summed E-state index contributed by atoms with van der Waals surface area (Å²) < 4.78 is 6.36. The second-order valence-corrected chi connectivity index (χ2v) is 6.78. The molecule has 112 valence electrons. The van der Waals surface area contributed by atoms with Crippen LogP contribution in [-0.4, -0.2) is 17.1 Å². The molecule has 1 heterocycles. The average Bonchev–Trinajstić information content (AvgIpc) is 2.46. The Hall–Kier alpha value is -0.930. The number of pyridine rings is 1. The molecule has 1 fully saturated rings. The van der Waals surface area contributed by atoms with Gasteiger partial charge in [0.05, 0.1) is 12.2 Å². The summed E-state index contributed by atoms with van der Waals surface area (Å²) in [4.78, 5) is 4.20. The Morgan fingerprint density at radius 1 is 1.40 bits per heavy atom. The summed E-state index contributed by atoms with van der Waals surface area (Å²) in [5, 5.41) is 0. The van der Waals surface area contributed by atoms with Crippen LogP contribution >= 0.6 is 0 Å². The van der Waals surface area contributed by atoms with Crippen LogP contribution in [0.2, 0.25) is 0 Å². The van der Waals surface area contributed by atoms with Gasteiger partial charge in [0.2, 0.25) is 0 Å². The fourth-order valence-electron chi connectivity index (χ4n) is 2.90. The second kappa shape index (κ2) is 6.68. The first-order valence-electron chi connectivity index (χ1n) is 7.83. The molecule has 0 spiro atoms. The predicted octanol–water partition coefficient (Wildman–Crippen LogP) is 3.85. The van der Waals surface area contributed by atoms with Gasteiger partial charge in [0.1, 0.15) is 0 Å². The maximum Gasteiger partial charge on any atom is 0.0994 e. The van der Waals surface area contributed by atoms with Gasteiger partial charge in [0.25, 0.3) is 0 Å². The van der Waals surface area contributed by atoms with Gasteiger partial charge in [-0.05, 0) is 43.6 Å². The lowest BCUT2D eigenvalue weighted by molar-refractivity contribution is -0.0576. The van der Waals surface area contributed by atoms with Crippen molar-refractivity contribution in [3.63, 3.8) is 0 Å². The van der Waals surface area contributed by atoms with Crippen LogP contribution in [0.1, 0.15) is 64.5 Å². The number of rotatable bonds is 5. The summed E-state index contributed by atoms with van der Waals surface area (Å²) >= 11 is 0. The van der Waals surface area contributed by atoms with Crippen LogP contribution in [-0.2, 0) is 4.74 Å². The lowest BCUT2D eigenvalue weighted by Gasteiger charge is -2.37. The Balaban J connectivity index is 2.02. The maximum absolute atomic E-state index is 6.36. The fourth-order valence-corrected chi connectivity index (χ4v) is 2.90. The predicted molar refractivity (Wildman–Crippen MR) is 82.4 cm³/mol. The van der Waals surface area contributed by atoms with E-state index in [0.717, 1.165) is 24.8 Å². The highest BCUT2D eigenvalue weighted by atomic mass is 16.5. The van der Waals surface area contributed by atoms with Crippen molar-refractivity contribution in [3.8, 4) is 0 Å². The van der Waals surface area contributed by atoms with E-state index in [1.165, 1.54) is 12.8 Å². The van der Waals surface area contributed by atoms with E-state index in [2.05, 4.69) is 31.8 Å². The maximum atomic E-state index is 6.36. The van der Waals surface area contributed by atoms with E-state index in [-0.39, 0.29) is 12.1 Å². The molecule has 3 heteroatoms. The minimum absolute atomic E-state index is 0.0279. The molecule has 20 heavy (non-hydrogen) atoms. The quantitative estimate of drug-likeness (QED) is 0.888. The topological polar surface area (TPSA) is 48.1 Å². The van der Waals surface area contributed by atoms with Crippen LogP contribution in [0, 0.1) is 5.41 Å². The third-order valence-corrected chi connectivity index (χ3v) is 4.50. The van der Waals surface area contributed by atoms with Gasteiger partial charge in [0.15, 0.2) is 0 Å². The minimum Gasteiger partial charge on any atom is -0.369 e. The first-order chi connectivity index (χ1) is 9.52. The fraction of sp³-hybridized carbons (Fsp3) is 0.706. The molecule has 3 nitrogen and oxygen atoms in total. The first-order valence-corrected chi connectivity index (χ1v) is 7.83. The summed E-state index contributed by atoms with van der Waals surface area (Å²) in [5.74, 6) is 0. The van der Waals surface area contributed by atoms with Crippen molar-refractivity contribution in [2.75, 3.05) is 0 Å². The SMILES string of the molecule is CCC(N)C(OC1CCC(C)(C)CC1)c1cccnc1. The van der Waals surface area contributed by atoms with Crippen molar-refractivity contribution in [2.45, 2.75) is 71.1 Å². The Kier molecular flexibility index (Phi) is 5.17. The second-order valence-electron chi connectivity index (χ2n) is 6.78. The molecule has 0 aliphatic heterocycles. The number of nitrogens with two attached hydrogens (primary N) is 1. The smallest absolute Gasteiger partial charge is 0.0994 e. The first kappa shape index (κ1) is 15.5. The number of hydrogen-bond acceptors (Lipinski definition) is 3. The van der Waals surface area contributed by atoms with Gasteiger partial charge in [-0.15, -0.1) is 0 Å². The monoisotopic (exact) mass is 276 g/mol. The summed E-state index contributed by atoms with van der Waals surface area (Å²) in [5.41, 5.74) is 7.84. The zero-order valence-corrected chi connectivity index (χ0v) is 13.0. The third kappa shape index (κ3) is 4.03. The van der Waals surface area contributed by atoms with Gasteiger partial charge < -0.3 is 10.5 Å². The van der Waals surface area contributed by atoms with Crippen molar-refractivity contribution >= 4 is 0 Å². The standard InChI is InChI=1S/C17H28N2O/c1-4-15(18)16(13-6-5-11-19-12-13)20-14-7-9-17(2,3)10-8-14/h5-6,11-12,14-16H,4,7-10,18H2,1-3H3. The molecular formula is C17H28N2O. The lowest BCUT2D eigenvalue weighted by atomic mass is 9.76. The normalized spacial score (nSPS) is 22.4. The Morgan fingerprint density at radius 2 is 2.10 bits per heavy atom. The van der Waals surface area contributed by atoms with Crippen molar-refractivity contribution in [1.82, 2.24) is 4.98 Å². The molecule has 0 bridgehead atoms. The van der Waals surface area contributed by atoms with Crippen LogP contribution in [0.3, 0.4) is 0 Å². The molecule has 1 aliphatic rings. The lowest BCUT2D eigenvalue weighted by Crippen LogP contribution is -2.35. The van der Waals surface area contributed by atoms with E-state index >= 15 is 0 Å². The van der Waals surface area contributed by atoms with E-state index in [1.54, 1.807) is 6.20 Å². The molecule has 0 aromatic carbocycles. The molecular weight excluding hydrogens is 248 g/mol. The van der Waals surface area contributed by atoms with Crippen LogP contribution in [0.5, 0.6) is 0 Å². The van der Waals surface area contributed by atoms with E-state index < -0.39 is 0 Å². The summed E-state index contributed by atoms with van der Waals surface area (Å²) in [6.45, 7) is 6.81. The van der Waals surface area contributed by atoms with Gasteiger partial charge >= 0.3 is 0 Å². The highest BCUT2D eigenvalue weighted by Crippen LogP contribution is 2.38. The molecule has 0 saturated heterocycles. The van der Waals surface area contributed by atoms with Gasteiger partial charge in [-0.3, -0.25) is 4.98 Å². The Morgan fingerprint density at radius 3 is 2.65 bits per heavy atom. The van der Waals surface area contributed by atoms with Crippen molar-refractivity contribution in [3.05, 3.63) is 30.1 Å². The average molecular weight is 276 g/mol. The minimum atomic E-state index is -0.0279. The summed E-state index contributed by atoms with van der Waals surface area (Å²) in [6, 6.07) is 4.06. The van der Waals surface area contributed by atoms with E-state index in [0.29, 0.717) is 11.5 Å². The number of hydrogen-bond donors (Lipinski definition) is 1. The van der Waals surface area contributed by atoms with Gasteiger partial charge in [0, 0.05) is 24.0 Å². The molecule has 1 saturated carbocycles. The highest BCUT2D eigenvalue weighted by Gasteiger charge is 2.30. The molecule has 1 aliphatic carbocycles. The van der Waals surface area contributed by atoms with Crippen molar-refractivity contribution < 1.29 is 4.74 Å². The summed E-state index contributed by atoms with van der Waals surface area (Å²) in [6.07, 6.45) is 9.65. The molecule has 2 unspecified atom stereocenters. The molecule has 0 amide bonds. The van der Waals surface area contributed by atoms with E-state index in [1.807, 2.05) is 12.3 Å². The van der Waals surface area contributed by atoms with Crippen LogP contribution in [0.4, 0.5) is 0 Å². The Bertz CT molecular complexity index is 395. The van der Waals surface area contributed by atoms with Gasteiger partial charge in [-0.1, -0.05) is 26.8 Å². The number of nitrogens with zero attached hydrogens (tertiary/aromatic N) is 1. The molecule has 2 rings (SSSR count). The van der Waals surface area contributed by atoms with E-state index in [9.17, 15) is 0 Å². The largest absolute Gasteiger partial charge is 0.369 e. The van der Waals surface area contributed by atoms with Gasteiger partial charge in [-0.2, -0.15) is 0 Å². The molecule has 1 aromatic rings. The molecule has 0 radical (unpaired) electrons. The number of ether oxygens (including phenoxy) is 1. The Labute approximate surface area is 122 Å². The van der Waals surface area contributed by atoms with E-state index in [4.69, 9.17) is 10.5 Å². The van der Waals surface area contributed by atoms with Crippen LogP contribution in [0.15, 0.2) is 24.5 Å². The van der Waals surface area contributed by atoms with Crippen LogP contribution < -0.4 is 5.73 Å². The molecule has 2 N–H and O–H groups in total. The van der Waals surface area contributed by atoms with Gasteiger partial charge in [-0.25, -0.2) is 0 Å². The zero-order valence-electron chi connectivity index (χ0n) is 13.0. The molecule has 1 aromatic heterocycles. The third-order valence-electron chi connectivity index (χ3n) is 4.50. The van der Waals surface area contributed by atoms with Crippen molar-refractivity contribution in [1.29, 1.82) is 0 Å². The van der Waals surface area contributed by atoms with Crippen molar-refractivity contribution in [2.24, 2.45) is 11.1 Å². The molecule has 2 atom stereocenters. The highest BCUT2D eigenvalue weighted by molar-refractivity contribution is 5.14. The zero-order chi connectivity index (χ0) is 14.6.